The van der Waals surface area contributed by atoms with Crippen molar-refractivity contribution in [3.05, 3.63) is 60.6 Å². The zero-order chi connectivity index (χ0) is 13.9. The van der Waals surface area contributed by atoms with E-state index in [0.717, 1.165) is 10.9 Å². The minimum absolute atomic E-state index is 0.276. The van der Waals surface area contributed by atoms with Crippen molar-refractivity contribution < 1.29 is 4.79 Å². The molecule has 3 N–H and O–H groups in total. The van der Waals surface area contributed by atoms with Gasteiger partial charge in [-0.2, -0.15) is 0 Å². The fraction of sp³-hybridized carbons (Fsp3) is 0. The van der Waals surface area contributed by atoms with Gasteiger partial charge in [0.2, 0.25) is 0 Å². The van der Waals surface area contributed by atoms with E-state index in [1.54, 1.807) is 12.3 Å². The zero-order valence-electron chi connectivity index (χ0n) is 10.6. The molecule has 2 heterocycles. The molecule has 0 radical (unpaired) electrons. The number of fused-ring (bicyclic) bond motifs is 1. The maximum absolute atomic E-state index is 12.1. The van der Waals surface area contributed by atoms with E-state index in [1.807, 2.05) is 30.3 Å². The summed E-state index contributed by atoms with van der Waals surface area (Å²) in [6.07, 6.45) is 4.61. The summed E-state index contributed by atoms with van der Waals surface area (Å²) in [6.45, 7) is 0. The summed E-state index contributed by atoms with van der Waals surface area (Å²) in [5.41, 5.74) is 7.98. The second kappa shape index (κ2) is 4.97. The Balaban J connectivity index is 1.89. The molecule has 0 atom stereocenters. The first-order valence-electron chi connectivity index (χ1n) is 6.10. The molecule has 0 aliphatic carbocycles. The Kier molecular flexibility index (Phi) is 3.01. The quantitative estimate of drug-likeness (QED) is 0.745. The largest absolute Gasteiger partial charge is 0.397 e. The van der Waals surface area contributed by atoms with Crippen LogP contribution in [0.5, 0.6) is 0 Å². The van der Waals surface area contributed by atoms with Gasteiger partial charge in [-0.1, -0.05) is 18.2 Å². The molecule has 0 saturated heterocycles. The molecule has 5 heteroatoms. The van der Waals surface area contributed by atoms with Crippen LogP contribution < -0.4 is 11.1 Å². The maximum atomic E-state index is 12.1. The van der Waals surface area contributed by atoms with Crippen LogP contribution in [0.15, 0.2) is 55.0 Å². The Morgan fingerprint density at radius 1 is 1.15 bits per heavy atom. The third kappa shape index (κ3) is 2.29. The van der Waals surface area contributed by atoms with Crippen LogP contribution in [-0.2, 0) is 0 Å². The van der Waals surface area contributed by atoms with Gasteiger partial charge in [0.15, 0.2) is 0 Å². The standard InChI is InChI=1S/C15H12N4O/c16-13-9-17-6-5-12(13)15(20)19-11-7-10-3-1-2-4-14(10)18-8-11/h1-9H,16H2,(H,19,20). The number of aromatic nitrogens is 2. The number of rotatable bonds is 2. The average molecular weight is 264 g/mol. The molecule has 1 amide bonds. The lowest BCUT2D eigenvalue weighted by Crippen LogP contribution is -2.14. The lowest BCUT2D eigenvalue weighted by Gasteiger charge is -2.07. The van der Waals surface area contributed by atoms with Gasteiger partial charge in [0.25, 0.3) is 5.91 Å². The number of benzene rings is 1. The summed E-state index contributed by atoms with van der Waals surface area (Å²) < 4.78 is 0. The van der Waals surface area contributed by atoms with Crippen molar-refractivity contribution in [1.29, 1.82) is 0 Å². The van der Waals surface area contributed by atoms with Gasteiger partial charge >= 0.3 is 0 Å². The highest BCUT2D eigenvalue weighted by molar-refractivity contribution is 6.08. The molecule has 0 aliphatic heterocycles. The number of para-hydroxylation sites is 1. The number of nitrogens with one attached hydrogen (secondary N) is 1. The molecule has 2 aromatic heterocycles. The first kappa shape index (κ1) is 12.1. The molecule has 0 aliphatic rings. The normalized spacial score (nSPS) is 10.4. The zero-order valence-corrected chi connectivity index (χ0v) is 10.6. The summed E-state index contributed by atoms with van der Waals surface area (Å²) in [5, 5.41) is 3.75. The predicted octanol–water partition coefficient (Wildman–Crippen LogP) is 2.46. The number of nitrogen functional groups attached to an aromatic ring is 1. The number of anilines is 2. The summed E-state index contributed by atoms with van der Waals surface area (Å²) in [6, 6.07) is 11.2. The third-order valence-electron chi connectivity index (χ3n) is 2.94. The van der Waals surface area contributed by atoms with E-state index < -0.39 is 0 Å². The highest BCUT2D eigenvalue weighted by Gasteiger charge is 2.10. The van der Waals surface area contributed by atoms with Gasteiger partial charge in [0.1, 0.15) is 0 Å². The summed E-state index contributed by atoms with van der Waals surface area (Å²) >= 11 is 0. The second-order valence-electron chi connectivity index (χ2n) is 4.33. The number of pyridine rings is 2. The smallest absolute Gasteiger partial charge is 0.257 e. The van der Waals surface area contributed by atoms with Gasteiger partial charge in [0.05, 0.1) is 34.8 Å². The van der Waals surface area contributed by atoms with Crippen LogP contribution in [0.3, 0.4) is 0 Å². The molecule has 1 aromatic carbocycles. The Hall–Kier alpha value is -2.95. The summed E-state index contributed by atoms with van der Waals surface area (Å²) in [4.78, 5) is 20.3. The molecule has 3 aromatic rings. The van der Waals surface area contributed by atoms with Crippen LogP contribution in [0.4, 0.5) is 11.4 Å². The topological polar surface area (TPSA) is 80.9 Å². The van der Waals surface area contributed by atoms with Crippen LogP contribution in [0.2, 0.25) is 0 Å². The Bertz CT molecular complexity index is 785. The molecule has 0 saturated carbocycles. The molecule has 0 spiro atoms. The van der Waals surface area contributed by atoms with Crippen molar-refractivity contribution >= 4 is 28.2 Å². The number of carbonyl (C=O) groups excluding carboxylic acids is 1. The molecular weight excluding hydrogens is 252 g/mol. The van der Waals surface area contributed by atoms with Crippen LogP contribution >= 0.6 is 0 Å². The van der Waals surface area contributed by atoms with Crippen molar-refractivity contribution in [2.75, 3.05) is 11.1 Å². The van der Waals surface area contributed by atoms with Crippen LogP contribution in [0, 0.1) is 0 Å². The highest BCUT2D eigenvalue weighted by atomic mass is 16.1. The third-order valence-corrected chi connectivity index (χ3v) is 2.94. The molecule has 3 rings (SSSR count). The van der Waals surface area contributed by atoms with Crippen molar-refractivity contribution in [2.45, 2.75) is 0 Å². The predicted molar refractivity (Wildman–Crippen MR) is 78.3 cm³/mol. The van der Waals surface area contributed by atoms with E-state index in [9.17, 15) is 4.79 Å². The van der Waals surface area contributed by atoms with Crippen LogP contribution in [-0.4, -0.2) is 15.9 Å². The molecule has 0 bridgehead atoms. The number of hydrogen-bond donors (Lipinski definition) is 2. The Labute approximate surface area is 115 Å². The number of nitrogens with zero attached hydrogens (tertiary/aromatic N) is 2. The van der Waals surface area contributed by atoms with E-state index in [1.165, 1.54) is 12.4 Å². The first-order chi connectivity index (χ1) is 9.74. The highest BCUT2D eigenvalue weighted by Crippen LogP contribution is 2.17. The second-order valence-corrected chi connectivity index (χ2v) is 4.33. The SMILES string of the molecule is Nc1cnccc1C(=O)Nc1cnc2ccccc2c1. The number of hydrogen-bond acceptors (Lipinski definition) is 4. The van der Waals surface area contributed by atoms with E-state index in [4.69, 9.17) is 5.73 Å². The fourth-order valence-electron chi connectivity index (χ4n) is 1.95. The molecule has 98 valence electrons. The molecular formula is C15H12N4O. The average Bonchev–Trinajstić information content (AvgIpc) is 2.47. The van der Waals surface area contributed by atoms with Gasteiger partial charge in [-0.3, -0.25) is 14.8 Å². The van der Waals surface area contributed by atoms with Crippen molar-refractivity contribution in [1.82, 2.24) is 9.97 Å². The van der Waals surface area contributed by atoms with E-state index >= 15 is 0 Å². The van der Waals surface area contributed by atoms with Gasteiger partial charge < -0.3 is 11.1 Å². The molecule has 0 unspecified atom stereocenters. The Morgan fingerprint density at radius 2 is 2.00 bits per heavy atom. The first-order valence-corrected chi connectivity index (χ1v) is 6.10. The number of amides is 1. The van der Waals surface area contributed by atoms with Crippen molar-refractivity contribution in [3.8, 4) is 0 Å². The number of carbonyl (C=O) groups is 1. The summed E-state index contributed by atoms with van der Waals surface area (Å²) in [7, 11) is 0. The van der Waals surface area contributed by atoms with E-state index in [0.29, 0.717) is 16.9 Å². The monoisotopic (exact) mass is 264 g/mol. The van der Waals surface area contributed by atoms with Gasteiger partial charge in [-0.15, -0.1) is 0 Å². The van der Waals surface area contributed by atoms with Gasteiger partial charge in [-0.05, 0) is 18.2 Å². The maximum Gasteiger partial charge on any atom is 0.257 e. The van der Waals surface area contributed by atoms with Crippen molar-refractivity contribution in [2.24, 2.45) is 0 Å². The van der Waals surface area contributed by atoms with E-state index in [2.05, 4.69) is 15.3 Å². The van der Waals surface area contributed by atoms with Crippen LogP contribution in [0.1, 0.15) is 10.4 Å². The molecule has 20 heavy (non-hydrogen) atoms. The number of nitrogens with two attached hydrogens (primary N) is 1. The summed E-state index contributed by atoms with van der Waals surface area (Å²) in [5.74, 6) is -0.276. The van der Waals surface area contributed by atoms with Crippen LogP contribution in [0.25, 0.3) is 10.9 Å². The lowest BCUT2D eigenvalue weighted by molar-refractivity contribution is 0.102. The minimum Gasteiger partial charge on any atom is -0.397 e. The lowest BCUT2D eigenvalue weighted by atomic mass is 10.2. The molecule has 5 nitrogen and oxygen atoms in total. The van der Waals surface area contributed by atoms with Crippen molar-refractivity contribution in [3.63, 3.8) is 0 Å². The van der Waals surface area contributed by atoms with E-state index in [-0.39, 0.29) is 5.91 Å². The minimum atomic E-state index is -0.276. The van der Waals surface area contributed by atoms with Gasteiger partial charge in [0, 0.05) is 11.6 Å². The fourth-order valence-corrected chi connectivity index (χ4v) is 1.95. The molecule has 0 fully saturated rings. The Morgan fingerprint density at radius 3 is 2.85 bits per heavy atom. The van der Waals surface area contributed by atoms with Gasteiger partial charge in [-0.25, -0.2) is 0 Å².